The minimum Gasteiger partial charge on any atom is -0.387 e. The molecule has 4 heteroatoms. The Morgan fingerprint density at radius 3 is 3.00 bits per heavy atom. The average molecular weight is 194 g/mol. The van der Waals surface area contributed by atoms with E-state index >= 15 is 0 Å². The van der Waals surface area contributed by atoms with E-state index in [1.807, 2.05) is 23.9 Å². The molecular formula is C10H18N4. The normalized spacial score (nSPS) is 14.3. The molecule has 0 aromatic carbocycles. The quantitative estimate of drug-likeness (QED) is 0.569. The first-order valence-electron chi connectivity index (χ1n) is 5.02. The van der Waals surface area contributed by atoms with Crippen LogP contribution < -0.4 is 5.73 Å². The van der Waals surface area contributed by atoms with Gasteiger partial charge in [0.25, 0.3) is 0 Å². The summed E-state index contributed by atoms with van der Waals surface area (Å²) in [7, 11) is 0. The molecule has 78 valence electrons. The molecule has 0 saturated heterocycles. The van der Waals surface area contributed by atoms with Crippen molar-refractivity contribution in [1.29, 1.82) is 0 Å². The summed E-state index contributed by atoms with van der Waals surface area (Å²) < 4.78 is 1.87. The topological polar surface area (TPSA) is 56.2 Å². The van der Waals surface area contributed by atoms with Gasteiger partial charge in [0.1, 0.15) is 0 Å². The molecule has 1 atom stereocenters. The van der Waals surface area contributed by atoms with Crippen LogP contribution in [0.2, 0.25) is 0 Å². The Morgan fingerprint density at radius 1 is 1.64 bits per heavy atom. The first-order valence-corrected chi connectivity index (χ1v) is 5.02. The van der Waals surface area contributed by atoms with Gasteiger partial charge in [-0.1, -0.05) is 6.92 Å². The van der Waals surface area contributed by atoms with E-state index in [9.17, 15) is 0 Å². The summed E-state index contributed by atoms with van der Waals surface area (Å²) in [5.74, 6) is 0.743. The van der Waals surface area contributed by atoms with Crippen molar-refractivity contribution >= 4 is 5.84 Å². The van der Waals surface area contributed by atoms with E-state index in [0.29, 0.717) is 0 Å². The molecule has 0 radical (unpaired) electrons. The van der Waals surface area contributed by atoms with E-state index in [2.05, 4.69) is 17.0 Å². The molecule has 1 unspecified atom stereocenters. The number of rotatable bonds is 5. The van der Waals surface area contributed by atoms with Crippen molar-refractivity contribution in [1.82, 2.24) is 9.78 Å². The molecule has 0 fully saturated rings. The highest BCUT2D eigenvalue weighted by Gasteiger charge is 2.01. The van der Waals surface area contributed by atoms with E-state index in [0.717, 1.165) is 25.2 Å². The lowest BCUT2D eigenvalue weighted by molar-refractivity contribution is 0.539. The number of nitrogens with zero attached hydrogens (tertiary/aromatic N) is 3. The van der Waals surface area contributed by atoms with Crippen LogP contribution in [0.25, 0.3) is 0 Å². The van der Waals surface area contributed by atoms with Crippen molar-refractivity contribution < 1.29 is 0 Å². The molecule has 0 amide bonds. The lowest BCUT2D eigenvalue weighted by Gasteiger charge is -2.07. The molecule has 1 aromatic rings. The van der Waals surface area contributed by atoms with Crippen molar-refractivity contribution in [2.24, 2.45) is 10.7 Å². The second-order valence-electron chi connectivity index (χ2n) is 3.45. The summed E-state index contributed by atoms with van der Waals surface area (Å²) in [6.07, 6.45) is 5.63. The zero-order chi connectivity index (χ0) is 10.4. The van der Waals surface area contributed by atoms with Crippen molar-refractivity contribution in [2.75, 3.05) is 0 Å². The van der Waals surface area contributed by atoms with Gasteiger partial charge in [-0.15, -0.1) is 0 Å². The minimum absolute atomic E-state index is 0.196. The van der Waals surface area contributed by atoms with Crippen LogP contribution in [0.3, 0.4) is 0 Å². The Kier molecular flexibility index (Phi) is 4.16. The third-order valence-corrected chi connectivity index (χ3v) is 1.90. The molecule has 4 nitrogen and oxygen atoms in total. The summed E-state index contributed by atoms with van der Waals surface area (Å²) in [6, 6.07) is 2.10. The molecule has 1 rings (SSSR count). The van der Waals surface area contributed by atoms with Crippen molar-refractivity contribution in [3.05, 3.63) is 18.5 Å². The van der Waals surface area contributed by atoms with Gasteiger partial charge in [0.05, 0.1) is 18.4 Å². The van der Waals surface area contributed by atoms with Crippen LogP contribution in [0.4, 0.5) is 0 Å². The highest BCUT2D eigenvalue weighted by Crippen LogP contribution is 1.97. The van der Waals surface area contributed by atoms with Crippen LogP contribution in [-0.4, -0.2) is 21.7 Å². The Labute approximate surface area is 84.8 Å². The number of hydrogen-bond acceptors (Lipinski definition) is 2. The molecule has 0 saturated carbocycles. The van der Waals surface area contributed by atoms with Crippen LogP contribution in [0, 0.1) is 0 Å². The Morgan fingerprint density at radius 2 is 2.43 bits per heavy atom. The molecule has 0 spiro atoms. The van der Waals surface area contributed by atoms with E-state index in [1.54, 1.807) is 6.20 Å². The van der Waals surface area contributed by atoms with Gasteiger partial charge in [0.2, 0.25) is 0 Å². The molecule has 0 bridgehead atoms. The van der Waals surface area contributed by atoms with Gasteiger partial charge < -0.3 is 5.73 Å². The van der Waals surface area contributed by atoms with E-state index in [4.69, 9.17) is 5.73 Å². The molecule has 0 aliphatic carbocycles. The number of nitrogens with two attached hydrogens (primary N) is 1. The zero-order valence-corrected chi connectivity index (χ0v) is 8.85. The monoisotopic (exact) mass is 194 g/mol. The highest BCUT2D eigenvalue weighted by molar-refractivity contribution is 5.80. The van der Waals surface area contributed by atoms with Gasteiger partial charge in [0, 0.05) is 18.8 Å². The maximum Gasteiger partial charge on any atom is 0.0941 e. The summed E-state index contributed by atoms with van der Waals surface area (Å²) in [5.41, 5.74) is 5.73. The average Bonchev–Trinajstić information content (AvgIpc) is 2.56. The SMILES string of the molecule is CCCC(N)=NC(C)Cn1cccn1. The number of aliphatic imine (C=N–C) groups is 1. The lowest BCUT2D eigenvalue weighted by Crippen LogP contribution is -2.18. The van der Waals surface area contributed by atoms with E-state index < -0.39 is 0 Å². The summed E-state index contributed by atoms with van der Waals surface area (Å²) in [5, 5.41) is 4.12. The first-order chi connectivity index (χ1) is 6.72. The fraction of sp³-hybridized carbons (Fsp3) is 0.600. The van der Waals surface area contributed by atoms with Crippen LogP contribution in [0.1, 0.15) is 26.7 Å². The lowest BCUT2D eigenvalue weighted by atomic mass is 10.3. The van der Waals surface area contributed by atoms with E-state index in [-0.39, 0.29) is 6.04 Å². The largest absolute Gasteiger partial charge is 0.387 e. The van der Waals surface area contributed by atoms with E-state index in [1.165, 1.54) is 0 Å². The molecular weight excluding hydrogens is 176 g/mol. The zero-order valence-electron chi connectivity index (χ0n) is 8.85. The smallest absolute Gasteiger partial charge is 0.0941 e. The van der Waals surface area contributed by atoms with Gasteiger partial charge in [-0.25, -0.2) is 0 Å². The fourth-order valence-electron chi connectivity index (χ4n) is 1.32. The fourth-order valence-corrected chi connectivity index (χ4v) is 1.32. The molecule has 14 heavy (non-hydrogen) atoms. The number of amidine groups is 1. The Bertz CT molecular complexity index is 276. The maximum absolute atomic E-state index is 5.73. The van der Waals surface area contributed by atoms with Crippen molar-refractivity contribution in [3.63, 3.8) is 0 Å². The minimum atomic E-state index is 0.196. The first kappa shape index (κ1) is 10.8. The third-order valence-electron chi connectivity index (χ3n) is 1.90. The van der Waals surface area contributed by atoms with Crippen LogP contribution in [0.15, 0.2) is 23.5 Å². The van der Waals surface area contributed by atoms with Crippen LogP contribution in [-0.2, 0) is 6.54 Å². The van der Waals surface area contributed by atoms with Crippen molar-refractivity contribution in [2.45, 2.75) is 39.3 Å². The Hall–Kier alpha value is -1.32. The number of aromatic nitrogens is 2. The molecule has 0 aliphatic rings. The number of hydrogen-bond donors (Lipinski definition) is 1. The van der Waals surface area contributed by atoms with Crippen molar-refractivity contribution in [3.8, 4) is 0 Å². The van der Waals surface area contributed by atoms with Gasteiger partial charge in [-0.2, -0.15) is 5.10 Å². The molecule has 1 heterocycles. The Balaban J connectivity index is 2.42. The summed E-state index contributed by atoms with van der Waals surface area (Å²) >= 11 is 0. The highest BCUT2D eigenvalue weighted by atomic mass is 15.3. The predicted octanol–water partition coefficient (Wildman–Crippen LogP) is 1.43. The van der Waals surface area contributed by atoms with Gasteiger partial charge in [-0.3, -0.25) is 9.67 Å². The molecule has 1 aromatic heterocycles. The molecule has 0 aliphatic heterocycles. The second-order valence-corrected chi connectivity index (χ2v) is 3.45. The third kappa shape index (κ3) is 3.60. The maximum atomic E-state index is 5.73. The van der Waals surface area contributed by atoms with Gasteiger partial charge in [-0.05, 0) is 19.4 Å². The predicted molar refractivity (Wildman–Crippen MR) is 58.2 cm³/mol. The van der Waals surface area contributed by atoms with Crippen LogP contribution in [0.5, 0.6) is 0 Å². The summed E-state index contributed by atoms with van der Waals surface area (Å²) in [6.45, 7) is 4.93. The van der Waals surface area contributed by atoms with Gasteiger partial charge in [0.15, 0.2) is 0 Å². The molecule has 2 N–H and O–H groups in total. The summed E-state index contributed by atoms with van der Waals surface area (Å²) in [4.78, 5) is 4.38. The second kappa shape index (κ2) is 5.42. The standard InChI is InChI=1S/C10H18N4/c1-3-5-10(11)13-9(2)8-14-7-4-6-12-14/h4,6-7,9H,3,5,8H2,1-2H3,(H2,11,13). The van der Waals surface area contributed by atoms with Crippen LogP contribution >= 0.6 is 0 Å². The van der Waals surface area contributed by atoms with Gasteiger partial charge >= 0.3 is 0 Å².